The molecule has 2 rings (SSSR count). The third kappa shape index (κ3) is 9.52. The number of aryl methyl sites for hydroxylation is 1. The molecule has 200 valence electrons. The summed E-state index contributed by atoms with van der Waals surface area (Å²) >= 11 is 12.6. The van der Waals surface area contributed by atoms with Crippen LogP contribution in [0.2, 0.25) is 10.0 Å². The lowest BCUT2D eigenvalue weighted by Gasteiger charge is -2.16. The summed E-state index contributed by atoms with van der Waals surface area (Å²) in [4.78, 5) is 32.4. The maximum atomic E-state index is 12.8. The number of halogens is 3. The molecule has 0 fully saturated rings. The van der Waals surface area contributed by atoms with Crippen LogP contribution in [0.4, 0.5) is 4.39 Å². The van der Waals surface area contributed by atoms with E-state index in [0.29, 0.717) is 24.0 Å². The van der Waals surface area contributed by atoms with Crippen molar-refractivity contribution in [1.82, 2.24) is 10.6 Å². The van der Waals surface area contributed by atoms with E-state index >= 15 is 0 Å². The molecule has 2 atom stereocenters. The van der Waals surface area contributed by atoms with Crippen LogP contribution in [0.15, 0.2) is 46.4 Å². The number of aliphatic hydroxyl groups excluding tert-OH is 1. The Labute approximate surface area is 223 Å². The van der Waals surface area contributed by atoms with Gasteiger partial charge < -0.3 is 31.7 Å². The van der Waals surface area contributed by atoms with Crippen LogP contribution < -0.4 is 16.4 Å². The first-order valence-electron chi connectivity index (χ1n) is 11.2. The fraction of sp³-hybridized carbons (Fsp3) is 0.333. The average molecular weight is 556 g/mol. The van der Waals surface area contributed by atoms with Crippen LogP contribution in [0.25, 0.3) is 0 Å². The van der Waals surface area contributed by atoms with Crippen LogP contribution in [0, 0.1) is 0 Å². The fourth-order valence-electron chi connectivity index (χ4n) is 3.24. The Morgan fingerprint density at radius 2 is 1.86 bits per heavy atom. The molecule has 10 nitrogen and oxygen atoms in total. The van der Waals surface area contributed by atoms with Gasteiger partial charge in [-0.15, -0.1) is 0 Å². The van der Waals surface area contributed by atoms with Crippen molar-refractivity contribution in [2.24, 2.45) is 15.7 Å². The van der Waals surface area contributed by atoms with Gasteiger partial charge in [-0.2, -0.15) is 0 Å². The van der Waals surface area contributed by atoms with Crippen molar-refractivity contribution in [3.63, 3.8) is 0 Å². The maximum Gasteiger partial charge on any atom is 0.328 e. The molecule has 0 saturated heterocycles. The van der Waals surface area contributed by atoms with Crippen molar-refractivity contribution in [2.45, 2.75) is 31.9 Å². The van der Waals surface area contributed by atoms with Gasteiger partial charge in [0.25, 0.3) is 5.91 Å². The number of nitrogens with two attached hydrogens (primary N) is 1. The number of aromatic hydroxyl groups is 1. The molecular weight excluding hydrogens is 528 g/mol. The van der Waals surface area contributed by atoms with Gasteiger partial charge in [-0.05, 0) is 55.2 Å². The summed E-state index contributed by atoms with van der Waals surface area (Å²) in [6, 6.07) is 7.81. The molecule has 0 heterocycles. The number of amides is 1. The third-order valence-corrected chi connectivity index (χ3v) is 5.57. The van der Waals surface area contributed by atoms with E-state index in [4.69, 9.17) is 28.9 Å². The SMILES string of the molecule is CC(N)=NC(=NC[C@H](NC(=O)c1c(Cl)cc(CCC(O)c2cccc(O)c2)cc1Cl)C(=O)O)NCCF. The molecule has 1 unspecified atom stereocenters. The van der Waals surface area contributed by atoms with Gasteiger partial charge in [-0.25, -0.2) is 19.2 Å². The number of carboxylic acids is 1. The van der Waals surface area contributed by atoms with Crippen LogP contribution >= 0.6 is 23.2 Å². The third-order valence-electron chi connectivity index (χ3n) is 4.98. The van der Waals surface area contributed by atoms with E-state index in [9.17, 15) is 29.3 Å². The number of carbonyl (C=O) groups excluding carboxylic acids is 1. The van der Waals surface area contributed by atoms with Gasteiger partial charge >= 0.3 is 5.97 Å². The van der Waals surface area contributed by atoms with Crippen molar-refractivity contribution >= 4 is 46.9 Å². The minimum atomic E-state index is -1.47. The maximum absolute atomic E-state index is 12.8. The number of hydrogen-bond donors (Lipinski definition) is 6. The minimum absolute atomic E-state index is 0.00635. The number of phenolic OH excluding ortho intramolecular Hbond substituents is 1. The van der Waals surface area contributed by atoms with Gasteiger partial charge in [-0.3, -0.25) is 4.79 Å². The summed E-state index contributed by atoms with van der Waals surface area (Å²) < 4.78 is 12.5. The number of aliphatic imine (C=N–C) groups is 2. The smallest absolute Gasteiger partial charge is 0.328 e. The van der Waals surface area contributed by atoms with Gasteiger partial charge in [0.15, 0.2) is 0 Å². The second kappa shape index (κ2) is 14.4. The summed E-state index contributed by atoms with van der Waals surface area (Å²) in [6.45, 7) is 0.234. The van der Waals surface area contributed by atoms with Gasteiger partial charge in [0.05, 0.1) is 34.1 Å². The van der Waals surface area contributed by atoms with E-state index in [1.165, 1.54) is 31.2 Å². The number of benzene rings is 2. The molecule has 0 radical (unpaired) electrons. The lowest BCUT2D eigenvalue weighted by molar-refractivity contribution is -0.138. The van der Waals surface area contributed by atoms with Crippen LogP contribution in [-0.4, -0.2) is 64.8 Å². The standard InChI is InChI=1S/C24H28Cl2FN5O5/c1-13(28)31-24(29-8-7-27)30-12-19(23(36)37)32-22(35)21-17(25)9-14(10-18(21)26)5-6-20(34)15-3-2-4-16(33)11-15/h2-4,9-11,19-20,33-34H,5-8,12H2,1H3,(H,32,35)(H,36,37)(H3,28,29,30,31)/t19-,20?/m0/s1. The zero-order valence-electron chi connectivity index (χ0n) is 19.9. The quantitative estimate of drug-likeness (QED) is 0.183. The zero-order chi connectivity index (χ0) is 27.5. The summed E-state index contributed by atoms with van der Waals surface area (Å²) in [5.74, 6) is -2.13. The zero-order valence-corrected chi connectivity index (χ0v) is 21.4. The van der Waals surface area contributed by atoms with Gasteiger partial charge in [0.1, 0.15) is 18.5 Å². The van der Waals surface area contributed by atoms with E-state index in [1.807, 2.05) is 0 Å². The van der Waals surface area contributed by atoms with Crippen molar-refractivity contribution in [3.8, 4) is 5.75 Å². The Hall–Kier alpha value is -3.41. The minimum Gasteiger partial charge on any atom is -0.508 e. The van der Waals surface area contributed by atoms with E-state index in [0.717, 1.165) is 0 Å². The van der Waals surface area contributed by atoms with Gasteiger partial charge in [0.2, 0.25) is 5.96 Å². The molecule has 2 aromatic carbocycles. The highest BCUT2D eigenvalue weighted by atomic mass is 35.5. The summed E-state index contributed by atoms with van der Waals surface area (Å²) in [6.07, 6.45) is -0.189. The van der Waals surface area contributed by atoms with E-state index in [2.05, 4.69) is 20.6 Å². The van der Waals surface area contributed by atoms with Crippen molar-refractivity contribution in [3.05, 3.63) is 63.1 Å². The average Bonchev–Trinajstić information content (AvgIpc) is 2.82. The molecule has 0 bridgehead atoms. The number of carboxylic acid groups (broad SMARTS) is 1. The number of hydrogen-bond acceptors (Lipinski definition) is 5. The highest BCUT2D eigenvalue weighted by molar-refractivity contribution is 6.39. The van der Waals surface area contributed by atoms with Crippen LogP contribution in [0.3, 0.4) is 0 Å². The number of carbonyl (C=O) groups is 2. The molecule has 13 heteroatoms. The van der Waals surface area contributed by atoms with Crippen molar-refractivity contribution in [1.29, 1.82) is 0 Å². The monoisotopic (exact) mass is 555 g/mol. The Morgan fingerprint density at radius 3 is 2.43 bits per heavy atom. The lowest BCUT2D eigenvalue weighted by Crippen LogP contribution is -2.43. The molecule has 1 amide bonds. The molecule has 0 saturated carbocycles. The van der Waals surface area contributed by atoms with Gasteiger partial charge in [-0.1, -0.05) is 35.3 Å². The van der Waals surface area contributed by atoms with Crippen LogP contribution in [0.5, 0.6) is 5.75 Å². The number of alkyl halides is 1. The highest BCUT2D eigenvalue weighted by Gasteiger charge is 2.24. The molecular formula is C24H28Cl2FN5O5. The largest absolute Gasteiger partial charge is 0.508 e. The highest BCUT2D eigenvalue weighted by Crippen LogP contribution is 2.29. The molecule has 0 spiro atoms. The lowest BCUT2D eigenvalue weighted by atomic mass is 10.00. The first-order chi connectivity index (χ1) is 17.5. The number of aliphatic carboxylic acids is 1. The second-order valence-electron chi connectivity index (χ2n) is 7.98. The number of nitrogens with one attached hydrogen (secondary N) is 2. The number of nitrogens with zero attached hydrogens (tertiary/aromatic N) is 2. The van der Waals surface area contributed by atoms with Crippen LogP contribution in [-0.2, 0) is 11.2 Å². The summed E-state index contributed by atoms with van der Waals surface area (Å²) in [7, 11) is 0. The number of phenols is 1. The van der Waals surface area contributed by atoms with E-state index < -0.39 is 37.2 Å². The molecule has 37 heavy (non-hydrogen) atoms. The fourth-order valence-corrected chi connectivity index (χ4v) is 3.94. The summed E-state index contributed by atoms with van der Waals surface area (Å²) in [5, 5.41) is 34.3. The molecule has 0 aromatic heterocycles. The normalized spacial score (nSPS) is 13.6. The Balaban J connectivity index is 2.12. The Morgan fingerprint density at radius 1 is 1.19 bits per heavy atom. The Bertz CT molecular complexity index is 1150. The predicted molar refractivity (Wildman–Crippen MR) is 140 cm³/mol. The molecule has 7 N–H and O–H groups in total. The summed E-state index contributed by atoms with van der Waals surface area (Å²) in [5.41, 5.74) is 6.57. The number of guanidine groups is 1. The predicted octanol–water partition coefficient (Wildman–Crippen LogP) is 2.84. The molecule has 2 aromatic rings. The Kier molecular flexibility index (Phi) is 11.6. The molecule has 0 aliphatic rings. The topological polar surface area (TPSA) is 170 Å². The number of aliphatic hydroxyl groups is 1. The van der Waals surface area contributed by atoms with Crippen molar-refractivity contribution in [2.75, 3.05) is 19.8 Å². The van der Waals surface area contributed by atoms with Crippen molar-refractivity contribution < 1.29 is 29.3 Å². The first-order valence-corrected chi connectivity index (χ1v) is 11.9. The molecule has 0 aliphatic carbocycles. The molecule has 0 aliphatic heterocycles. The van der Waals surface area contributed by atoms with Crippen LogP contribution in [0.1, 0.15) is 40.9 Å². The second-order valence-corrected chi connectivity index (χ2v) is 8.80. The first kappa shape index (κ1) is 29.8. The van der Waals surface area contributed by atoms with E-state index in [-0.39, 0.29) is 39.7 Å². The van der Waals surface area contributed by atoms with Gasteiger partial charge in [0, 0.05) is 6.54 Å². The van der Waals surface area contributed by atoms with E-state index in [1.54, 1.807) is 12.1 Å². The number of amidine groups is 1. The number of rotatable bonds is 11.